The molecule has 5 heteroatoms. The van der Waals surface area contributed by atoms with Crippen molar-refractivity contribution < 1.29 is 9.53 Å². The van der Waals surface area contributed by atoms with Gasteiger partial charge in [0.25, 0.3) is 0 Å². The van der Waals surface area contributed by atoms with Crippen LogP contribution in [-0.4, -0.2) is 32.7 Å². The molecular weight excluding hydrogens is 300 g/mol. The van der Waals surface area contributed by atoms with Crippen molar-refractivity contribution >= 4 is 18.3 Å². The second kappa shape index (κ2) is 7.34. The molecule has 2 aliphatic rings. The van der Waals surface area contributed by atoms with Crippen LogP contribution in [0.4, 0.5) is 0 Å². The summed E-state index contributed by atoms with van der Waals surface area (Å²) in [4.78, 5) is 12.8. The maximum absolute atomic E-state index is 12.8. The molecule has 122 valence electrons. The van der Waals surface area contributed by atoms with E-state index in [0.717, 1.165) is 56.6 Å². The minimum atomic E-state index is -0.355. The lowest BCUT2D eigenvalue weighted by atomic mass is 9.77. The Morgan fingerprint density at radius 2 is 2.09 bits per heavy atom. The predicted molar refractivity (Wildman–Crippen MR) is 89.8 cm³/mol. The van der Waals surface area contributed by atoms with E-state index in [2.05, 4.69) is 16.7 Å². The summed E-state index contributed by atoms with van der Waals surface area (Å²) in [5.74, 6) is 1.62. The van der Waals surface area contributed by atoms with Gasteiger partial charge in [0.2, 0.25) is 5.91 Å². The molecule has 2 N–H and O–H groups in total. The van der Waals surface area contributed by atoms with Crippen molar-refractivity contribution in [3.05, 3.63) is 29.8 Å². The topological polar surface area (TPSA) is 50.4 Å². The summed E-state index contributed by atoms with van der Waals surface area (Å²) in [5.41, 5.74) is 0.745. The summed E-state index contributed by atoms with van der Waals surface area (Å²) in [5, 5.41) is 6.43. The Bertz CT molecular complexity index is 511. The SMILES string of the molecule is COc1cccc(C2(C(=O)NCC3CNC3)CCCC2)c1.Cl. The fraction of sp³-hybridized carbons (Fsp3) is 0.588. The number of carbonyl (C=O) groups excluding carboxylic acids is 1. The molecule has 0 atom stereocenters. The van der Waals surface area contributed by atoms with Crippen molar-refractivity contribution in [3.63, 3.8) is 0 Å². The molecule has 0 aromatic heterocycles. The first-order valence-electron chi connectivity index (χ1n) is 7.88. The highest BCUT2D eigenvalue weighted by Crippen LogP contribution is 2.42. The van der Waals surface area contributed by atoms with Crippen molar-refractivity contribution in [3.8, 4) is 5.75 Å². The maximum Gasteiger partial charge on any atom is 0.230 e. The number of benzene rings is 1. The average molecular weight is 325 g/mol. The fourth-order valence-electron chi connectivity index (χ4n) is 3.45. The Kier molecular flexibility index (Phi) is 5.70. The minimum absolute atomic E-state index is 0. The van der Waals surface area contributed by atoms with Crippen molar-refractivity contribution in [2.24, 2.45) is 5.92 Å². The summed E-state index contributed by atoms with van der Waals surface area (Å²) in [6.07, 6.45) is 4.12. The van der Waals surface area contributed by atoms with Gasteiger partial charge in [-0.2, -0.15) is 0 Å². The lowest BCUT2D eigenvalue weighted by molar-refractivity contribution is -0.126. The third kappa shape index (κ3) is 3.23. The average Bonchev–Trinajstić information content (AvgIpc) is 2.96. The van der Waals surface area contributed by atoms with Gasteiger partial charge in [-0.1, -0.05) is 25.0 Å². The molecule has 0 spiro atoms. The molecule has 1 heterocycles. The molecule has 1 amide bonds. The van der Waals surface area contributed by atoms with Gasteiger partial charge < -0.3 is 15.4 Å². The van der Waals surface area contributed by atoms with Crippen LogP contribution in [0.5, 0.6) is 5.75 Å². The number of amides is 1. The third-order valence-corrected chi connectivity index (χ3v) is 4.93. The molecule has 2 fully saturated rings. The van der Waals surface area contributed by atoms with E-state index in [4.69, 9.17) is 4.74 Å². The van der Waals surface area contributed by atoms with Crippen LogP contribution in [0, 0.1) is 5.92 Å². The van der Waals surface area contributed by atoms with Gasteiger partial charge in [-0.25, -0.2) is 0 Å². The van der Waals surface area contributed by atoms with Gasteiger partial charge in [-0.05, 0) is 30.5 Å². The zero-order valence-electron chi connectivity index (χ0n) is 13.1. The Hall–Kier alpha value is -1.26. The van der Waals surface area contributed by atoms with Crippen LogP contribution in [0.1, 0.15) is 31.2 Å². The lowest BCUT2D eigenvalue weighted by Crippen LogP contribution is -2.51. The standard InChI is InChI=1S/C17H24N2O2.ClH/c1-21-15-6-4-5-14(9-15)17(7-2-3-8-17)16(20)19-12-13-10-18-11-13;/h4-6,9,13,18H,2-3,7-8,10-12H2,1H3,(H,19,20);1H. The summed E-state index contributed by atoms with van der Waals surface area (Å²) in [6, 6.07) is 8.01. The van der Waals surface area contributed by atoms with E-state index in [1.807, 2.05) is 18.2 Å². The molecule has 0 unspecified atom stereocenters. The Balaban J connectivity index is 0.00000176. The highest BCUT2D eigenvalue weighted by molar-refractivity contribution is 5.88. The first-order chi connectivity index (χ1) is 10.2. The van der Waals surface area contributed by atoms with E-state index in [9.17, 15) is 4.79 Å². The van der Waals surface area contributed by atoms with E-state index in [0.29, 0.717) is 5.92 Å². The molecule has 22 heavy (non-hydrogen) atoms. The van der Waals surface area contributed by atoms with Crippen LogP contribution in [0.15, 0.2) is 24.3 Å². The van der Waals surface area contributed by atoms with Gasteiger partial charge >= 0.3 is 0 Å². The van der Waals surface area contributed by atoms with E-state index < -0.39 is 0 Å². The van der Waals surface area contributed by atoms with Crippen LogP contribution in [-0.2, 0) is 10.2 Å². The zero-order valence-corrected chi connectivity index (χ0v) is 13.9. The van der Waals surface area contributed by atoms with E-state index in [1.165, 1.54) is 0 Å². The molecular formula is C17H25ClN2O2. The van der Waals surface area contributed by atoms with Gasteiger partial charge in [0, 0.05) is 25.6 Å². The van der Waals surface area contributed by atoms with Crippen LogP contribution >= 0.6 is 12.4 Å². The first kappa shape index (κ1) is 17.1. The molecule has 0 radical (unpaired) electrons. The van der Waals surface area contributed by atoms with Gasteiger partial charge in [0.15, 0.2) is 0 Å². The van der Waals surface area contributed by atoms with Crippen molar-refractivity contribution in [2.75, 3.05) is 26.7 Å². The molecule has 1 aromatic carbocycles. The second-order valence-corrected chi connectivity index (χ2v) is 6.26. The van der Waals surface area contributed by atoms with Gasteiger partial charge in [-0.3, -0.25) is 4.79 Å². The fourth-order valence-corrected chi connectivity index (χ4v) is 3.45. The number of halogens is 1. The number of rotatable bonds is 5. The third-order valence-electron chi connectivity index (χ3n) is 4.93. The van der Waals surface area contributed by atoms with Crippen LogP contribution in [0.25, 0.3) is 0 Å². The van der Waals surface area contributed by atoms with Gasteiger partial charge in [0.1, 0.15) is 5.75 Å². The zero-order chi connectivity index (χ0) is 14.7. The summed E-state index contributed by atoms with van der Waals surface area (Å²) < 4.78 is 5.32. The molecule has 4 nitrogen and oxygen atoms in total. The second-order valence-electron chi connectivity index (χ2n) is 6.26. The lowest BCUT2D eigenvalue weighted by Gasteiger charge is -2.32. The predicted octanol–water partition coefficient (Wildman–Crippen LogP) is 2.26. The molecule has 1 aliphatic carbocycles. The smallest absolute Gasteiger partial charge is 0.230 e. The number of methoxy groups -OCH3 is 1. The van der Waals surface area contributed by atoms with E-state index in [-0.39, 0.29) is 23.7 Å². The highest BCUT2D eigenvalue weighted by Gasteiger charge is 2.42. The number of nitrogens with one attached hydrogen (secondary N) is 2. The maximum atomic E-state index is 12.8. The normalized spacial score (nSPS) is 19.9. The Labute approximate surface area is 138 Å². The molecule has 1 aliphatic heterocycles. The molecule has 0 bridgehead atoms. The number of hydrogen-bond donors (Lipinski definition) is 2. The van der Waals surface area contributed by atoms with Crippen LogP contribution in [0.2, 0.25) is 0 Å². The van der Waals surface area contributed by atoms with Crippen LogP contribution in [0.3, 0.4) is 0 Å². The highest BCUT2D eigenvalue weighted by atomic mass is 35.5. The van der Waals surface area contributed by atoms with Gasteiger partial charge in [-0.15, -0.1) is 12.4 Å². The first-order valence-corrected chi connectivity index (χ1v) is 7.88. The molecule has 1 saturated carbocycles. The molecule has 3 rings (SSSR count). The largest absolute Gasteiger partial charge is 0.497 e. The summed E-state index contributed by atoms with van der Waals surface area (Å²) >= 11 is 0. The number of hydrogen-bond acceptors (Lipinski definition) is 3. The minimum Gasteiger partial charge on any atom is -0.497 e. The van der Waals surface area contributed by atoms with Crippen molar-refractivity contribution in [1.29, 1.82) is 0 Å². The van der Waals surface area contributed by atoms with E-state index >= 15 is 0 Å². The Morgan fingerprint density at radius 3 is 2.68 bits per heavy atom. The molecule has 1 aromatic rings. The summed E-state index contributed by atoms with van der Waals surface area (Å²) in [7, 11) is 1.67. The van der Waals surface area contributed by atoms with Crippen molar-refractivity contribution in [2.45, 2.75) is 31.1 Å². The van der Waals surface area contributed by atoms with E-state index in [1.54, 1.807) is 7.11 Å². The van der Waals surface area contributed by atoms with Crippen molar-refractivity contribution in [1.82, 2.24) is 10.6 Å². The number of carbonyl (C=O) groups is 1. The van der Waals surface area contributed by atoms with Crippen LogP contribution < -0.4 is 15.4 Å². The monoisotopic (exact) mass is 324 g/mol. The molecule has 1 saturated heterocycles. The summed E-state index contributed by atoms with van der Waals surface area (Å²) in [6.45, 7) is 2.83. The number of ether oxygens (including phenoxy) is 1. The quantitative estimate of drug-likeness (QED) is 0.873. The van der Waals surface area contributed by atoms with Gasteiger partial charge in [0.05, 0.1) is 12.5 Å². The Morgan fingerprint density at radius 1 is 1.36 bits per heavy atom.